The van der Waals surface area contributed by atoms with Crippen molar-refractivity contribution in [2.45, 2.75) is 51.2 Å². The number of hydrogen-bond donors (Lipinski definition) is 1. The molecule has 1 heterocycles. The Morgan fingerprint density at radius 1 is 1.37 bits per heavy atom. The van der Waals surface area contributed by atoms with Gasteiger partial charge in [0.25, 0.3) is 0 Å². The molecular weight excluding hydrogens is 242 g/mol. The van der Waals surface area contributed by atoms with Gasteiger partial charge >= 0.3 is 0 Å². The Morgan fingerprint density at radius 3 is 3.00 bits per heavy atom. The van der Waals surface area contributed by atoms with Crippen LogP contribution in [0.3, 0.4) is 0 Å². The van der Waals surface area contributed by atoms with Gasteiger partial charge in [0.05, 0.1) is 6.10 Å². The summed E-state index contributed by atoms with van der Waals surface area (Å²) < 4.78 is 11.3. The molecule has 1 N–H and O–H groups in total. The van der Waals surface area contributed by atoms with Crippen molar-refractivity contribution in [1.29, 1.82) is 0 Å². The van der Waals surface area contributed by atoms with Crippen molar-refractivity contribution in [3.05, 3.63) is 12.3 Å². The summed E-state index contributed by atoms with van der Waals surface area (Å²) >= 11 is 0. The lowest BCUT2D eigenvalue weighted by Gasteiger charge is -2.28. The molecule has 1 aliphatic carbocycles. The lowest BCUT2D eigenvalue weighted by molar-refractivity contribution is 0.0195. The molecule has 0 radical (unpaired) electrons. The Kier molecular flexibility index (Phi) is 5.39. The molecule has 2 rings (SSSR count). The van der Waals surface area contributed by atoms with E-state index < -0.39 is 0 Å². The molecule has 1 saturated carbocycles. The van der Waals surface area contributed by atoms with E-state index >= 15 is 0 Å². The maximum atomic E-state index is 5.94. The largest absolute Gasteiger partial charge is 0.474 e. The van der Waals surface area contributed by atoms with Gasteiger partial charge in [-0.2, -0.15) is 4.98 Å². The predicted molar refractivity (Wildman–Crippen MR) is 74.5 cm³/mol. The van der Waals surface area contributed by atoms with Crippen LogP contribution < -0.4 is 10.1 Å². The number of nitrogens with zero attached hydrogens (tertiary/aromatic N) is 2. The Balaban J connectivity index is 1.90. The molecule has 0 bridgehead atoms. The van der Waals surface area contributed by atoms with Gasteiger partial charge in [-0.1, -0.05) is 6.92 Å². The van der Waals surface area contributed by atoms with Crippen molar-refractivity contribution < 1.29 is 9.47 Å². The molecule has 0 amide bonds. The van der Waals surface area contributed by atoms with E-state index in [2.05, 4.69) is 22.2 Å². The highest BCUT2D eigenvalue weighted by Gasteiger charge is 2.23. The van der Waals surface area contributed by atoms with Crippen LogP contribution in [0.4, 0.5) is 5.95 Å². The highest BCUT2D eigenvalue weighted by molar-refractivity contribution is 5.27. The minimum atomic E-state index is 0.202. The molecule has 5 nitrogen and oxygen atoms in total. The zero-order valence-electron chi connectivity index (χ0n) is 11.8. The van der Waals surface area contributed by atoms with Gasteiger partial charge < -0.3 is 14.8 Å². The molecule has 2 unspecified atom stereocenters. The lowest BCUT2D eigenvalue weighted by atomic mass is 9.95. The average molecular weight is 265 g/mol. The van der Waals surface area contributed by atoms with Crippen LogP contribution in [0.15, 0.2) is 12.3 Å². The highest BCUT2D eigenvalue weighted by atomic mass is 16.5. The van der Waals surface area contributed by atoms with Crippen molar-refractivity contribution >= 4 is 5.95 Å². The zero-order valence-corrected chi connectivity index (χ0v) is 11.8. The smallest absolute Gasteiger partial charge is 0.225 e. The van der Waals surface area contributed by atoms with E-state index in [1.54, 1.807) is 13.3 Å². The SMILES string of the molecule is CCCNc1nccc(OC2CCCC(OC)C2)n1. The highest BCUT2D eigenvalue weighted by Crippen LogP contribution is 2.24. The predicted octanol–water partition coefficient (Wildman–Crippen LogP) is 2.63. The van der Waals surface area contributed by atoms with E-state index in [9.17, 15) is 0 Å². The molecular formula is C14H23N3O2. The Bertz CT molecular complexity index is 387. The molecule has 106 valence electrons. The second-order valence-corrected chi connectivity index (χ2v) is 4.91. The van der Waals surface area contributed by atoms with Crippen molar-refractivity contribution in [3.8, 4) is 5.88 Å². The maximum absolute atomic E-state index is 5.94. The first-order valence-corrected chi connectivity index (χ1v) is 7.08. The molecule has 19 heavy (non-hydrogen) atoms. The Morgan fingerprint density at radius 2 is 2.21 bits per heavy atom. The van der Waals surface area contributed by atoms with Crippen LogP contribution in [0, 0.1) is 0 Å². The van der Waals surface area contributed by atoms with Crippen molar-refractivity contribution in [1.82, 2.24) is 9.97 Å². The minimum absolute atomic E-state index is 0.202. The molecule has 0 aromatic carbocycles. The van der Waals surface area contributed by atoms with Crippen LogP contribution in [0.25, 0.3) is 0 Å². The monoisotopic (exact) mass is 265 g/mol. The quantitative estimate of drug-likeness (QED) is 0.857. The second kappa shape index (κ2) is 7.28. The molecule has 0 spiro atoms. The number of aromatic nitrogens is 2. The molecule has 0 saturated heterocycles. The normalized spacial score (nSPS) is 23.1. The number of ether oxygens (including phenoxy) is 2. The van der Waals surface area contributed by atoms with Gasteiger partial charge in [-0.3, -0.25) is 0 Å². The lowest BCUT2D eigenvalue weighted by Crippen LogP contribution is -2.29. The first-order chi connectivity index (χ1) is 9.31. The third-order valence-electron chi connectivity index (χ3n) is 3.36. The number of anilines is 1. The topological polar surface area (TPSA) is 56.3 Å². The second-order valence-electron chi connectivity index (χ2n) is 4.91. The molecule has 1 aromatic heterocycles. The molecule has 1 aliphatic rings. The first kappa shape index (κ1) is 14.1. The van der Waals surface area contributed by atoms with E-state index in [1.807, 2.05) is 6.07 Å². The summed E-state index contributed by atoms with van der Waals surface area (Å²) in [7, 11) is 1.77. The fraction of sp³-hybridized carbons (Fsp3) is 0.714. The third-order valence-corrected chi connectivity index (χ3v) is 3.36. The van der Waals surface area contributed by atoms with Crippen molar-refractivity contribution in [2.75, 3.05) is 19.0 Å². The fourth-order valence-corrected chi connectivity index (χ4v) is 2.32. The van der Waals surface area contributed by atoms with E-state index in [4.69, 9.17) is 9.47 Å². The van der Waals surface area contributed by atoms with Crippen molar-refractivity contribution in [3.63, 3.8) is 0 Å². The van der Waals surface area contributed by atoms with Crippen LogP contribution in [0.5, 0.6) is 5.88 Å². The molecule has 2 atom stereocenters. The van der Waals surface area contributed by atoms with E-state index in [-0.39, 0.29) is 6.10 Å². The van der Waals surface area contributed by atoms with E-state index in [0.29, 0.717) is 17.9 Å². The van der Waals surface area contributed by atoms with Crippen LogP contribution in [-0.2, 0) is 4.74 Å². The molecule has 1 fully saturated rings. The average Bonchev–Trinajstić information content (AvgIpc) is 2.46. The summed E-state index contributed by atoms with van der Waals surface area (Å²) in [5.74, 6) is 1.29. The third kappa shape index (κ3) is 4.35. The number of rotatable bonds is 6. The molecule has 1 aromatic rings. The minimum Gasteiger partial charge on any atom is -0.474 e. The maximum Gasteiger partial charge on any atom is 0.225 e. The van der Waals surface area contributed by atoms with Gasteiger partial charge in [-0.15, -0.1) is 0 Å². The number of nitrogens with one attached hydrogen (secondary N) is 1. The van der Waals surface area contributed by atoms with Gasteiger partial charge in [-0.05, 0) is 25.7 Å². The van der Waals surface area contributed by atoms with Crippen LogP contribution in [-0.4, -0.2) is 35.8 Å². The van der Waals surface area contributed by atoms with Gasteiger partial charge in [0, 0.05) is 32.3 Å². The molecule has 5 heteroatoms. The number of methoxy groups -OCH3 is 1. The van der Waals surface area contributed by atoms with Crippen LogP contribution in [0.1, 0.15) is 39.0 Å². The van der Waals surface area contributed by atoms with Gasteiger partial charge in [0.2, 0.25) is 11.8 Å². The standard InChI is InChI=1S/C14H23N3O2/c1-3-8-15-14-16-9-7-13(17-14)19-12-6-4-5-11(10-12)18-2/h7,9,11-12H,3-6,8,10H2,1-2H3,(H,15,16,17). The van der Waals surface area contributed by atoms with Gasteiger partial charge in [-0.25, -0.2) is 4.98 Å². The fourth-order valence-electron chi connectivity index (χ4n) is 2.32. The zero-order chi connectivity index (χ0) is 13.5. The summed E-state index contributed by atoms with van der Waals surface area (Å²) in [4.78, 5) is 8.54. The summed E-state index contributed by atoms with van der Waals surface area (Å²) in [5, 5.41) is 3.16. The Hall–Kier alpha value is -1.36. The Labute approximate surface area is 114 Å². The van der Waals surface area contributed by atoms with E-state index in [0.717, 1.165) is 38.6 Å². The van der Waals surface area contributed by atoms with E-state index in [1.165, 1.54) is 0 Å². The van der Waals surface area contributed by atoms with Crippen LogP contribution >= 0.6 is 0 Å². The summed E-state index contributed by atoms with van der Waals surface area (Å²) in [5.41, 5.74) is 0. The summed E-state index contributed by atoms with van der Waals surface area (Å²) in [6.07, 6.45) is 7.59. The first-order valence-electron chi connectivity index (χ1n) is 7.08. The van der Waals surface area contributed by atoms with Gasteiger partial charge in [0.1, 0.15) is 6.10 Å². The summed E-state index contributed by atoms with van der Waals surface area (Å²) in [6, 6.07) is 1.81. The number of hydrogen-bond acceptors (Lipinski definition) is 5. The van der Waals surface area contributed by atoms with Crippen LogP contribution in [0.2, 0.25) is 0 Å². The van der Waals surface area contributed by atoms with Crippen molar-refractivity contribution in [2.24, 2.45) is 0 Å². The van der Waals surface area contributed by atoms with Gasteiger partial charge in [0.15, 0.2) is 0 Å². The molecule has 0 aliphatic heterocycles. The summed E-state index contributed by atoms with van der Waals surface area (Å²) in [6.45, 7) is 2.99.